The van der Waals surface area contributed by atoms with Crippen molar-refractivity contribution < 1.29 is 9.53 Å². The van der Waals surface area contributed by atoms with E-state index in [4.69, 9.17) is 22.1 Å². The molecule has 1 aromatic heterocycles. The summed E-state index contributed by atoms with van der Waals surface area (Å²) in [6.45, 7) is 1.17. The molecule has 2 heterocycles. The second-order valence-corrected chi connectivity index (χ2v) is 5.73. The molecule has 1 aliphatic carbocycles. The van der Waals surface area contributed by atoms with E-state index in [1.165, 1.54) is 6.42 Å². The Morgan fingerprint density at radius 3 is 3.05 bits per heavy atom. The molecular weight excluding hydrogens is 278 g/mol. The molecule has 0 aromatic carbocycles. The van der Waals surface area contributed by atoms with Crippen molar-refractivity contribution in [2.75, 3.05) is 18.9 Å². The summed E-state index contributed by atoms with van der Waals surface area (Å²) in [6, 6.07) is 3.36. The van der Waals surface area contributed by atoms with Crippen LogP contribution in [0.25, 0.3) is 0 Å². The predicted molar refractivity (Wildman–Crippen MR) is 76.7 cm³/mol. The van der Waals surface area contributed by atoms with Gasteiger partial charge in [0.15, 0.2) is 0 Å². The summed E-state index contributed by atoms with van der Waals surface area (Å²) in [6.07, 6.45) is 4.46. The fourth-order valence-corrected chi connectivity index (χ4v) is 3.28. The minimum atomic E-state index is -0.137. The summed E-state index contributed by atoms with van der Waals surface area (Å²) in [5.74, 6) is 0.175. The van der Waals surface area contributed by atoms with Crippen molar-refractivity contribution in [1.82, 2.24) is 9.88 Å². The van der Waals surface area contributed by atoms with Crippen LogP contribution in [0.5, 0.6) is 0 Å². The number of rotatable bonds is 1. The molecule has 5 nitrogen and oxygen atoms in total. The first-order valence-corrected chi connectivity index (χ1v) is 7.39. The number of aromatic nitrogens is 1. The van der Waals surface area contributed by atoms with Gasteiger partial charge in [0.2, 0.25) is 0 Å². The number of amides is 1. The topological polar surface area (TPSA) is 68.5 Å². The molecule has 2 aliphatic rings. The number of carbonyl (C=O) groups excluding carboxylic acids is 1. The zero-order valence-electron chi connectivity index (χ0n) is 11.2. The molecular formula is C14H18ClN3O2. The van der Waals surface area contributed by atoms with Gasteiger partial charge in [0.25, 0.3) is 5.91 Å². The maximum Gasteiger partial charge on any atom is 0.274 e. The normalized spacial score (nSPS) is 26.1. The molecule has 2 fully saturated rings. The Balaban J connectivity index is 1.87. The first-order valence-electron chi connectivity index (χ1n) is 7.01. The lowest BCUT2D eigenvalue weighted by atomic mass is 9.90. The lowest BCUT2D eigenvalue weighted by Crippen LogP contribution is -2.55. The summed E-state index contributed by atoms with van der Waals surface area (Å²) >= 11 is 6.09. The Hall–Kier alpha value is -1.33. The van der Waals surface area contributed by atoms with Gasteiger partial charge in [-0.05, 0) is 25.0 Å². The number of carbonyl (C=O) groups is 1. The van der Waals surface area contributed by atoms with Crippen LogP contribution >= 0.6 is 11.6 Å². The van der Waals surface area contributed by atoms with Gasteiger partial charge in [-0.15, -0.1) is 0 Å². The first kappa shape index (κ1) is 13.6. The van der Waals surface area contributed by atoms with Gasteiger partial charge >= 0.3 is 0 Å². The number of hydrogen-bond donors (Lipinski definition) is 1. The highest BCUT2D eigenvalue weighted by Crippen LogP contribution is 2.30. The Bertz CT molecular complexity index is 521. The molecule has 1 aliphatic heterocycles. The van der Waals surface area contributed by atoms with Crippen LogP contribution in [0.15, 0.2) is 12.1 Å². The van der Waals surface area contributed by atoms with Gasteiger partial charge < -0.3 is 15.4 Å². The van der Waals surface area contributed by atoms with Crippen LogP contribution in [0.4, 0.5) is 5.82 Å². The zero-order valence-corrected chi connectivity index (χ0v) is 12.0. The van der Waals surface area contributed by atoms with Crippen molar-refractivity contribution in [2.45, 2.75) is 37.8 Å². The van der Waals surface area contributed by atoms with E-state index in [9.17, 15) is 4.79 Å². The number of nitrogens with two attached hydrogens (primary N) is 1. The van der Waals surface area contributed by atoms with E-state index in [-0.39, 0.29) is 23.7 Å². The van der Waals surface area contributed by atoms with Crippen molar-refractivity contribution >= 4 is 23.3 Å². The van der Waals surface area contributed by atoms with Crippen LogP contribution in [0, 0.1) is 0 Å². The number of fused-ring (bicyclic) bond motifs is 1. The first-order chi connectivity index (χ1) is 9.66. The Morgan fingerprint density at radius 2 is 2.20 bits per heavy atom. The number of pyridine rings is 1. The highest BCUT2D eigenvalue weighted by molar-refractivity contribution is 6.33. The number of anilines is 1. The molecule has 108 valence electrons. The Kier molecular flexibility index (Phi) is 3.81. The maximum absolute atomic E-state index is 12.7. The standard InChI is InChI=1S/C14H18ClN3O2/c15-9-5-6-12(16)17-13(9)14(19)18-7-8-20-11-4-2-1-3-10(11)18/h5-6,10-11H,1-4,7-8H2,(H2,16,17). The summed E-state index contributed by atoms with van der Waals surface area (Å²) in [5, 5.41) is 0.350. The smallest absolute Gasteiger partial charge is 0.274 e. The summed E-state index contributed by atoms with van der Waals surface area (Å²) in [4.78, 5) is 18.7. The summed E-state index contributed by atoms with van der Waals surface area (Å²) in [7, 11) is 0. The van der Waals surface area contributed by atoms with Crippen LogP contribution in [-0.4, -0.2) is 41.1 Å². The van der Waals surface area contributed by atoms with E-state index >= 15 is 0 Å². The van der Waals surface area contributed by atoms with E-state index < -0.39 is 0 Å². The van der Waals surface area contributed by atoms with Crippen molar-refractivity contribution in [3.05, 3.63) is 22.8 Å². The number of ether oxygens (including phenoxy) is 1. The monoisotopic (exact) mass is 295 g/mol. The minimum absolute atomic E-state index is 0.137. The van der Waals surface area contributed by atoms with E-state index in [2.05, 4.69) is 4.98 Å². The molecule has 6 heteroatoms. The van der Waals surface area contributed by atoms with Gasteiger partial charge in [0, 0.05) is 6.54 Å². The van der Waals surface area contributed by atoms with Crippen LogP contribution in [0.2, 0.25) is 5.02 Å². The molecule has 1 aromatic rings. The third kappa shape index (κ3) is 2.47. The second kappa shape index (κ2) is 5.58. The van der Waals surface area contributed by atoms with Gasteiger partial charge in [-0.3, -0.25) is 4.79 Å². The lowest BCUT2D eigenvalue weighted by Gasteiger charge is -2.43. The van der Waals surface area contributed by atoms with Crippen LogP contribution < -0.4 is 5.73 Å². The highest BCUT2D eigenvalue weighted by Gasteiger charge is 2.37. The zero-order chi connectivity index (χ0) is 14.1. The number of morpholine rings is 1. The fourth-order valence-electron chi connectivity index (χ4n) is 3.09. The molecule has 0 radical (unpaired) electrons. The Morgan fingerprint density at radius 1 is 1.40 bits per heavy atom. The third-order valence-electron chi connectivity index (χ3n) is 4.06. The van der Waals surface area contributed by atoms with Crippen LogP contribution in [0.3, 0.4) is 0 Å². The molecule has 0 bridgehead atoms. The minimum Gasteiger partial charge on any atom is -0.384 e. The number of nitrogen functional groups attached to an aromatic ring is 1. The molecule has 1 amide bonds. The van der Waals surface area contributed by atoms with Crippen molar-refractivity contribution in [1.29, 1.82) is 0 Å². The Labute approximate surface area is 123 Å². The van der Waals surface area contributed by atoms with Crippen molar-refractivity contribution in [3.8, 4) is 0 Å². The van der Waals surface area contributed by atoms with Gasteiger partial charge in [-0.2, -0.15) is 0 Å². The maximum atomic E-state index is 12.7. The molecule has 2 unspecified atom stereocenters. The fraction of sp³-hybridized carbons (Fsp3) is 0.571. The molecule has 0 spiro atoms. The quantitative estimate of drug-likeness (QED) is 0.861. The van der Waals surface area contributed by atoms with Crippen LogP contribution in [0.1, 0.15) is 36.2 Å². The van der Waals surface area contributed by atoms with Crippen LogP contribution in [-0.2, 0) is 4.74 Å². The molecule has 1 saturated carbocycles. The van der Waals surface area contributed by atoms with E-state index in [1.54, 1.807) is 12.1 Å². The van der Waals surface area contributed by atoms with Gasteiger partial charge in [-0.1, -0.05) is 24.4 Å². The number of nitrogens with zero attached hydrogens (tertiary/aromatic N) is 2. The lowest BCUT2D eigenvalue weighted by molar-refractivity contribution is -0.0754. The van der Waals surface area contributed by atoms with Crippen molar-refractivity contribution in [3.63, 3.8) is 0 Å². The third-order valence-corrected chi connectivity index (χ3v) is 4.37. The van der Waals surface area contributed by atoms with Gasteiger partial charge in [-0.25, -0.2) is 4.98 Å². The molecule has 3 rings (SSSR count). The number of halogens is 1. The number of hydrogen-bond acceptors (Lipinski definition) is 4. The van der Waals surface area contributed by atoms with E-state index in [0.717, 1.165) is 19.3 Å². The average molecular weight is 296 g/mol. The van der Waals surface area contributed by atoms with Gasteiger partial charge in [0.1, 0.15) is 11.5 Å². The average Bonchev–Trinajstić information content (AvgIpc) is 2.48. The van der Waals surface area contributed by atoms with Gasteiger partial charge in [0.05, 0.1) is 23.8 Å². The largest absolute Gasteiger partial charge is 0.384 e. The van der Waals surface area contributed by atoms with E-state index in [0.29, 0.717) is 24.0 Å². The predicted octanol–water partition coefficient (Wildman–Crippen LogP) is 2.10. The SMILES string of the molecule is Nc1ccc(Cl)c(C(=O)N2CCOC3CCCCC32)n1. The summed E-state index contributed by atoms with van der Waals surface area (Å²) in [5.41, 5.74) is 5.91. The van der Waals surface area contributed by atoms with E-state index in [1.807, 2.05) is 4.90 Å². The molecule has 1 saturated heterocycles. The summed E-state index contributed by atoms with van der Waals surface area (Å²) < 4.78 is 5.78. The molecule has 2 atom stereocenters. The molecule has 2 N–H and O–H groups in total. The molecule has 20 heavy (non-hydrogen) atoms. The van der Waals surface area contributed by atoms with Crippen molar-refractivity contribution in [2.24, 2.45) is 0 Å². The second-order valence-electron chi connectivity index (χ2n) is 5.33. The highest BCUT2D eigenvalue weighted by atomic mass is 35.5.